The summed E-state index contributed by atoms with van der Waals surface area (Å²) < 4.78 is 0. The van der Waals surface area contributed by atoms with E-state index in [0.29, 0.717) is 17.7 Å². The molecule has 3 heteroatoms. The van der Waals surface area contributed by atoms with Crippen molar-refractivity contribution in [2.24, 2.45) is 0 Å². The lowest BCUT2D eigenvalue weighted by Gasteiger charge is -2.35. The topological polar surface area (TPSA) is 20.3 Å². The average molecular weight is 289 g/mol. The fourth-order valence-corrected chi connectivity index (χ4v) is 4.61. The third kappa shape index (κ3) is 2.73. The first-order valence-electron chi connectivity index (χ1n) is 7.81. The fourth-order valence-electron chi connectivity index (χ4n) is 3.36. The number of aryl methyl sites for hydroxylation is 1. The summed E-state index contributed by atoms with van der Waals surface area (Å²) in [5, 5.41) is 0.247. The number of hydrogen-bond donors (Lipinski definition) is 0. The highest BCUT2D eigenvalue weighted by atomic mass is 32.2. The SMILES string of the molecule is CCc1ccc(C2SCC(=O)N2C2CCCCC2)cc1. The van der Waals surface area contributed by atoms with Gasteiger partial charge in [-0.05, 0) is 30.4 Å². The summed E-state index contributed by atoms with van der Waals surface area (Å²) in [5.74, 6) is 0.989. The lowest BCUT2D eigenvalue weighted by atomic mass is 9.93. The molecule has 20 heavy (non-hydrogen) atoms. The van der Waals surface area contributed by atoms with Crippen LogP contribution in [0.3, 0.4) is 0 Å². The standard InChI is InChI=1S/C17H23NOS/c1-2-13-8-10-14(11-9-13)17-18(16(19)12-20-17)15-6-4-3-5-7-15/h8-11,15,17H,2-7,12H2,1H3. The van der Waals surface area contributed by atoms with E-state index < -0.39 is 0 Å². The number of carbonyl (C=O) groups is 1. The van der Waals surface area contributed by atoms with Crippen LogP contribution in [0.4, 0.5) is 0 Å². The van der Waals surface area contributed by atoms with Crippen LogP contribution in [0.5, 0.6) is 0 Å². The number of hydrogen-bond acceptors (Lipinski definition) is 2. The summed E-state index contributed by atoms with van der Waals surface area (Å²) in [6.45, 7) is 2.18. The van der Waals surface area contributed by atoms with E-state index >= 15 is 0 Å². The lowest BCUT2D eigenvalue weighted by molar-refractivity contribution is -0.131. The molecular formula is C17H23NOS. The Morgan fingerprint density at radius 3 is 2.50 bits per heavy atom. The number of benzene rings is 1. The first-order chi connectivity index (χ1) is 9.79. The first-order valence-corrected chi connectivity index (χ1v) is 8.86. The number of rotatable bonds is 3. The molecule has 3 rings (SSSR count). The van der Waals surface area contributed by atoms with Crippen LogP contribution in [0, 0.1) is 0 Å². The van der Waals surface area contributed by atoms with Crippen LogP contribution in [0.15, 0.2) is 24.3 Å². The highest BCUT2D eigenvalue weighted by molar-refractivity contribution is 8.00. The molecule has 0 radical (unpaired) electrons. The Kier molecular flexibility index (Phi) is 4.35. The average Bonchev–Trinajstić information content (AvgIpc) is 2.90. The summed E-state index contributed by atoms with van der Waals surface area (Å²) in [6, 6.07) is 9.31. The molecule has 108 valence electrons. The molecule has 1 saturated carbocycles. The molecule has 2 fully saturated rings. The fraction of sp³-hybridized carbons (Fsp3) is 0.588. The van der Waals surface area contributed by atoms with Gasteiger partial charge in [0.2, 0.25) is 5.91 Å². The normalized spacial score (nSPS) is 24.4. The van der Waals surface area contributed by atoms with Gasteiger partial charge >= 0.3 is 0 Å². The largest absolute Gasteiger partial charge is 0.323 e. The molecule has 1 aromatic rings. The van der Waals surface area contributed by atoms with Crippen molar-refractivity contribution in [1.82, 2.24) is 4.90 Å². The van der Waals surface area contributed by atoms with Gasteiger partial charge in [0.1, 0.15) is 5.37 Å². The second kappa shape index (κ2) is 6.21. The van der Waals surface area contributed by atoms with E-state index in [0.717, 1.165) is 6.42 Å². The van der Waals surface area contributed by atoms with Crippen molar-refractivity contribution in [3.05, 3.63) is 35.4 Å². The molecule has 1 unspecified atom stereocenters. The van der Waals surface area contributed by atoms with E-state index in [1.807, 2.05) is 0 Å². The second-order valence-electron chi connectivity index (χ2n) is 5.85. The Morgan fingerprint density at radius 1 is 1.15 bits per heavy atom. The summed E-state index contributed by atoms with van der Waals surface area (Å²) in [5.41, 5.74) is 2.66. The van der Waals surface area contributed by atoms with E-state index in [1.165, 1.54) is 43.2 Å². The molecule has 1 aromatic carbocycles. The Bertz CT molecular complexity index is 464. The summed E-state index contributed by atoms with van der Waals surface area (Å²) in [4.78, 5) is 14.5. The zero-order valence-corrected chi connectivity index (χ0v) is 13.0. The Balaban J connectivity index is 1.80. The first kappa shape index (κ1) is 14.0. The smallest absolute Gasteiger partial charge is 0.234 e. The number of amides is 1. The van der Waals surface area contributed by atoms with E-state index in [1.54, 1.807) is 11.8 Å². The highest BCUT2D eigenvalue weighted by Crippen LogP contribution is 2.42. The van der Waals surface area contributed by atoms with Gasteiger partial charge in [0.15, 0.2) is 0 Å². The van der Waals surface area contributed by atoms with E-state index in [9.17, 15) is 4.79 Å². The molecule has 1 amide bonds. The van der Waals surface area contributed by atoms with Gasteiger partial charge in [0, 0.05) is 6.04 Å². The van der Waals surface area contributed by atoms with Crippen molar-refractivity contribution >= 4 is 17.7 Å². The van der Waals surface area contributed by atoms with E-state index in [4.69, 9.17) is 0 Å². The van der Waals surface area contributed by atoms with Gasteiger partial charge in [0.05, 0.1) is 5.75 Å². The summed E-state index contributed by atoms with van der Waals surface area (Å²) >= 11 is 1.80. The zero-order chi connectivity index (χ0) is 13.9. The predicted molar refractivity (Wildman–Crippen MR) is 84.7 cm³/mol. The van der Waals surface area contributed by atoms with Crippen LogP contribution in [0.1, 0.15) is 55.5 Å². The maximum atomic E-state index is 12.3. The molecule has 2 nitrogen and oxygen atoms in total. The molecule has 0 bridgehead atoms. The van der Waals surface area contributed by atoms with Gasteiger partial charge in [-0.25, -0.2) is 0 Å². The van der Waals surface area contributed by atoms with Crippen LogP contribution < -0.4 is 0 Å². The van der Waals surface area contributed by atoms with Crippen molar-refractivity contribution in [3.8, 4) is 0 Å². The Morgan fingerprint density at radius 2 is 1.85 bits per heavy atom. The highest BCUT2D eigenvalue weighted by Gasteiger charge is 2.37. The third-order valence-corrected chi connectivity index (χ3v) is 5.78. The molecular weight excluding hydrogens is 266 g/mol. The van der Waals surface area contributed by atoms with Crippen molar-refractivity contribution < 1.29 is 4.79 Å². The van der Waals surface area contributed by atoms with Crippen molar-refractivity contribution in [3.63, 3.8) is 0 Å². The molecule has 1 heterocycles. The van der Waals surface area contributed by atoms with Crippen LogP contribution in [0.25, 0.3) is 0 Å². The van der Waals surface area contributed by atoms with Gasteiger partial charge in [-0.1, -0.05) is 50.5 Å². The van der Waals surface area contributed by atoms with Crippen LogP contribution >= 0.6 is 11.8 Å². The second-order valence-corrected chi connectivity index (χ2v) is 6.92. The molecule has 0 N–H and O–H groups in total. The van der Waals surface area contributed by atoms with Gasteiger partial charge in [-0.3, -0.25) is 4.79 Å². The molecule has 1 saturated heterocycles. The van der Waals surface area contributed by atoms with Gasteiger partial charge < -0.3 is 4.90 Å². The van der Waals surface area contributed by atoms with Crippen molar-refractivity contribution in [1.29, 1.82) is 0 Å². The van der Waals surface area contributed by atoms with Crippen LogP contribution in [-0.4, -0.2) is 22.6 Å². The number of nitrogens with zero attached hydrogens (tertiary/aromatic N) is 1. The van der Waals surface area contributed by atoms with Gasteiger partial charge in [-0.15, -0.1) is 11.8 Å². The molecule has 1 atom stereocenters. The minimum atomic E-state index is 0.247. The lowest BCUT2D eigenvalue weighted by Crippen LogP contribution is -2.39. The van der Waals surface area contributed by atoms with Crippen molar-refractivity contribution in [2.45, 2.75) is 56.9 Å². The monoisotopic (exact) mass is 289 g/mol. The van der Waals surface area contributed by atoms with E-state index in [-0.39, 0.29) is 5.37 Å². The predicted octanol–water partition coefficient (Wildman–Crippen LogP) is 4.16. The summed E-state index contributed by atoms with van der Waals surface area (Å²) in [6.07, 6.45) is 7.35. The molecule has 2 aliphatic rings. The number of thioether (sulfide) groups is 1. The number of carbonyl (C=O) groups excluding carboxylic acids is 1. The maximum Gasteiger partial charge on any atom is 0.234 e. The molecule has 1 aliphatic heterocycles. The van der Waals surface area contributed by atoms with Crippen LogP contribution in [0.2, 0.25) is 0 Å². The molecule has 1 aliphatic carbocycles. The van der Waals surface area contributed by atoms with E-state index in [2.05, 4.69) is 36.1 Å². The van der Waals surface area contributed by atoms with Gasteiger partial charge in [-0.2, -0.15) is 0 Å². The molecule has 0 aromatic heterocycles. The summed E-state index contributed by atoms with van der Waals surface area (Å²) in [7, 11) is 0. The quantitative estimate of drug-likeness (QED) is 0.833. The maximum absolute atomic E-state index is 12.3. The Hall–Kier alpha value is -0.960. The van der Waals surface area contributed by atoms with Crippen molar-refractivity contribution in [2.75, 3.05) is 5.75 Å². The van der Waals surface area contributed by atoms with Crippen LogP contribution in [-0.2, 0) is 11.2 Å². The minimum absolute atomic E-state index is 0.247. The Labute approximate surface area is 125 Å². The zero-order valence-electron chi connectivity index (χ0n) is 12.2. The van der Waals surface area contributed by atoms with Gasteiger partial charge in [0.25, 0.3) is 0 Å². The molecule has 0 spiro atoms. The third-order valence-electron chi connectivity index (χ3n) is 4.55. The minimum Gasteiger partial charge on any atom is -0.323 e.